The third kappa shape index (κ3) is 0.534. The van der Waals surface area contributed by atoms with Gasteiger partial charge >= 0.3 is 5.97 Å². The molecule has 0 aromatic carbocycles. The Hall–Kier alpha value is -0.240. The summed E-state index contributed by atoms with van der Waals surface area (Å²) in [5, 5.41) is 8.69. The lowest BCUT2D eigenvalue weighted by Gasteiger charge is -2.04. The van der Waals surface area contributed by atoms with Crippen LogP contribution in [0.2, 0.25) is 0 Å². The van der Waals surface area contributed by atoms with Gasteiger partial charge in [0.15, 0.2) is 0 Å². The summed E-state index contributed by atoms with van der Waals surface area (Å²) in [4.78, 5) is 9.72. The van der Waals surface area contributed by atoms with E-state index in [4.69, 9.17) is 16.7 Å². The van der Waals surface area contributed by atoms with Gasteiger partial charge in [-0.2, -0.15) is 0 Å². The van der Waals surface area contributed by atoms with Crippen molar-refractivity contribution in [3.8, 4) is 0 Å². The molecule has 0 radical (unpaired) electrons. The molecule has 0 heterocycles. The van der Waals surface area contributed by atoms with Gasteiger partial charge in [0.1, 0.15) is 4.87 Å². The minimum atomic E-state index is -0.849. The second-order valence-corrected chi connectivity index (χ2v) is 3.84. The van der Waals surface area contributed by atoms with Crippen molar-refractivity contribution < 1.29 is 9.90 Å². The van der Waals surface area contributed by atoms with E-state index in [0.29, 0.717) is 0 Å². The second-order valence-electron chi connectivity index (χ2n) is 3.22. The molecule has 2 saturated carbocycles. The maximum Gasteiger partial charge on any atom is 0.325 e. The molecule has 0 spiro atoms. The lowest BCUT2D eigenvalue weighted by Crippen LogP contribution is -2.20. The summed E-state index contributed by atoms with van der Waals surface area (Å²) in [6, 6.07) is 0. The Bertz CT molecular complexity index is 180. The predicted octanol–water partition coefficient (Wildman–Crippen LogP) is 1.48. The molecule has 0 aliphatic heterocycles. The summed E-state index contributed by atoms with van der Waals surface area (Å²) in [5.74, 6) is -0.248. The maximum atomic E-state index is 10.6. The fourth-order valence-corrected chi connectivity index (χ4v) is 2.66. The van der Waals surface area contributed by atoms with Gasteiger partial charge in [0.05, 0.1) is 0 Å². The van der Waals surface area contributed by atoms with E-state index in [9.17, 15) is 4.79 Å². The first-order chi connectivity index (χ1) is 4.67. The highest BCUT2D eigenvalue weighted by molar-refractivity contribution is 6.37. The van der Waals surface area contributed by atoms with Gasteiger partial charge < -0.3 is 5.11 Å². The fraction of sp³-hybridized carbons (Fsp3) is 0.857. The normalized spacial score (nSPS) is 50.5. The molecule has 0 aromatic heterocycles. The van der Waals surface area contributed by atoms with Crippen LogP contribution in [0.3, 0.4) is 0 Å². The summed E-state index contributed by atoms with van der Waals surface area (Å²) in [7, 11) is 0. The number of rotatable bonds is 1. The lowest BCUT2D eigenvalue weighted by atomic mass is 10.1. The van der Waals surface area contributed by atoms with E-state index < -0.39 is 10.8 Å². The standard InChI is InChI=1S/C7H9ClO2/c8-7(6(9)10)4-2-1-3-5(4)7/h4-5H,1-3H2,(H,9,10). The largest absolute Gasteiger partial charge is 0.480 e. The average molecular weight is 161 g/mol. The maximum absolute atomic E-state index is 10.6. The molecule has 0 amide bonds. The highest BCUT2D eigenvalue weighted by atomic mass is 35.5. The van der Waals surface area contributed by atoms with E-state index in [0.717, 1.165) is 19.3 Å². The Kier molecular flexibility index (Phi) is 1.08. The number of halogens is 1. The van der Waals surface area contributed by atoms with Crippen LogP contribution in [0.1, 0.15) is 19.3 Å². The molecule has 2 aliphatic carbocycles. The molecule has 10 heavy (non-hydrogen) atoms. The van der Waals surface area contributed by atoms with Crippen molar-refractivity contribution in [3.05, 3.63) is 0 Å². The van der Waals surface area contributed by atoms with Gasteiger partial charge in [-0.05, 0) is 24.7 Å². The van der Waals surface area contributed by atoms with Gasteiger partial charge in [-0.15, -0.1) is 11.6 Å². The van der Waals surface area contributed by atoms with Crippen LogP contribution in [0.4, 0.5) is 0 Å². The zero-order valence-electron chi connectivity index (χ0n) is 5.51. The number of fused-ring (bicyclic) bond motifs is 1. The Balaban J connectivity index is 2.17. The van der Waals surface area contributed by atoms with Crippen molar-refractivity contribution in [2.45, 2.75) is 24.1 Å². The second kappa shape index (κ2) is 1.67. The van der Waals surface area contributed by atoms with Crippen molar-refractivity contribution in [2.75, 3.05) is 0 Å². The van der Waals surface area contributed by atoms with E-state index >= 15 is 0 Å². The van der Waals surface area contributed by atoms with Gasteiger partial charge in [-0.3, -0.25) is 4.79 Å². The van der Waals surface area contributed by atoms with Crippen molar-refractivity contribution in [1.82, 2.24) is 0 Å². The monoisotopic (exact) mass is 160 g/mol. The number of aliphatic carboxylic acids is 1. The van der Waals surface area contributed by atoms with Crippen LogP contribution in [-0.4, -0.2) is 16.0 Å². The molecule has 2 fully saturated rings. The fourth-order valence-electron chi connectivity index (χ4n) is 2.20. The first-order valence-electron chi connectivity index (χ1n) is 3.59. The van der Waals surface area contributed by atoms with Crippen molar-refractivity contribution in [2.24, 2.45) is 11.8 Å². The number of hydrogen-bond donors (Lipinski definition) is 1. The van der Waals surface area contributed by atoms with Crippen LogP contribution < -0.4 is 0 Å². The molecule has 2 unspecified atom stereocenters. The number of carboxylic acid groups (broad SMARTS) is 1. The van der Waals surface area contributed by atoms with Crippen molar-refractivity contribution in [3.63, 3.8) is 0 Å². The highest BCUT2D eigenvalue weighted by Crippen LogP contribution is 2.64. The zero-order chi connectivity index (χ0) is 7.35. The highest BCUT2D eigenvalue weighted by Gasteiger charge is 2.70. The Labute approximate surface area is 64.2 Å². The van der Waals surface area contributed by atoms with Crippen LogP contribution in [0, 0.1) is 11.8 Å². The SMILES string of the molecule is O=C(O)C1(Cl)C2CCCC21. The Morgan fingerprint density at radius 1 is 1.50 bits per heavy atom. The number of carbonyl (C=O) groups is 1. The van der Waals surface area contributed by atoms with Gasteiger partial charge in [0.25, 0.3) is 0 Å². The topological polar surface area (TPSA) is 37.3 Å². The van der Waals surface area contributed by atoms with Gasteiger partial charge in [-0.1, -0.05) is 6.42 Å². The van der Waals surface area contributed by atoms with Crippen LogP contribution in [0.15, 0.2) is 0 Å². The predicted molar refractivity (Wildman–Crippen MR) is 37.1 cm³/mol. The molecule has 0 bridgehead atoms. The van der Waals surface area contributed by atoms with Crippen LogP contribution in [0.25, 0.3) is 0 Å². The minimum Gasteiger partial charge on any atom is -0.480 e. The van der Waals surface area contributed by atoms with Crippen LogP contribution in [-0.2, 0) is 4.79 Å². The van der Waals surface area contributed by atoms with Gasteiger partial charge in [0.2, 0.25) is 0 Å². The molecular weight excluding hydrogens is 152 g/mol. The summed E-state index contributed by atoms with van der Waals surface area (Å²) < 4.78 is 0. The third-order valence-electron chi connectivity index (χ3n) is 2.81. The first-order valence-corrected chi connectivity index (χ1v) is 3.97. The first kappa shape index (κ1) is 6.47. The average Bonchev–Trinajstić information content (AvgIpc) is 2.28. The molecular formula is C7H9ClO2. The van der Waals surface area contributed by atoms with E-state index in [2.05, 4.69) is 0 Å². The molecule has 2 nitrogen and oxygen atoms in total. The third-order valence-corrected chi connectivity index (χ3v) is 3.54. The molecule has 2 rings (SSSR count). The molecule has 0 aromatic rings. The van der Waals surface area contributed by atoms with Gasteiger partial charge in [0, 0.05) is 0 Å². The molecule has 3 heteroatoms. The molecule has 0 saturated heterocycles. The van der Waals surface area contributed by atoms with E-state index in [1.54, 1.807) is 0 Å². The smallest absolute Gasteiger partial charge is 0.325 e. The number of alkyl halides is 1. The molecule has 2 atom stereocenters. The van der Waals surface area contributed by atoms with Crippen molar-refractivity contribution >= 4 is 17.6 Å². The summed E-state index contributed by atoms with van der Waals surface area (Å²) in [6.07, 6.45) is 3.19. The Morgan fingerprint density at radius 3 is 2.30 bits per heavy atom. The lowest BCUT2D eigenvalue weighted by molar-refractivity contribution is -0.138. The van der Waals surface area contributed by atoms with Gasteiger partial charge in [-0.25, -0.2) is 0 Å². The van der Waals surface area contributed by atoms with E-state index in [1.807, 2.05) is 0 Å². The summed E-state index contributed by atoms with van der Waals surface area (Å²) in [5.41, 5.74) is 0. The number of carboxylic acids is 1. The molecule has 56 valence electrons. The zero-order valence-corrected chi connectivity index (χ0v) is 6.27. The van der Waals surface area contributed by atoms with E-state index in [-0.39, 0.29) is 11.8 Å². The quantitative estimate of drug-likeness (QED) is 0.590. The van der Waals surface area contributed by atoms with Crippen molar-refractivity contribution in [1.29, 1.82) is 0 Å². The van der Waals surface area contributed by atoms with E-state index in [1.165, 1.54) is 0 Å². The minimum absolute atomic E-state index is 0.284. The summed E-state index contributed by atoms with van der Waals surface area (Å²) in [6.45, 7) is 0. The number of hydrogen-bond acceptors (Lipinski definition) is 1. The Morgan fingerprint density at radius 2 is 2.00 bits per heavy atom. The molecule has 2 aliphatic rings. The summed E-state index contributed by atoms with van der Waals surface area (Å²) >= 11 is 5.85. The van der Waals surface area contributed by atoms with Crippen LogP contribution in [0.5, 0.6) is 0 Å². The molecule has 1 N–H and O–H groups in total. The van der Waals surface area contributed by atoms with Crippen LogP contribution >= 0.6 is 11.6 Å².